The van der Waals surface area contributed by atoms with Crippen LogP contribution in [0.25, 0.3) is 0 Å². The minimum atomic E-state index is -3.93. The minimum absolute atomic E-state index is 0.0564. The Morgan fingerprint density at radius 1 is 1.07 bits per heavy atom. The molecule has 0 amide bonds. The van der Waals surface area contributed by atoms with Crippen molar-refractivity contribution < 1.29 is 22.7 Å². The van der Waals surface area contributed by atoms with Gasteiger partial charge in [-0.15, -0.1) is 0 Å². The standard InChI is InChI=1S/C19H17Cl2NO5S/c1-11-3-9-14(10-4-11)28(24,25)22-17(12-5-7-13(26-2)8-6-12)18-15(20)16(21)19(23)27-18/h3-10,17-18,22H,1-2H3/t17-,18-/m1/s1. The van der Waals surface area contributed by atoms with Crippen LogP contribution in [0.1, 0.15) is 17.2 Å². The summed E-state index contributed by atoms with van der Waals surface area (Å²) in [6.07, 6.45) is -1.09. The zero-order valence-electron chi connectivity index (χ0n) is 15.0. The van der Waals surface area contributed by atoms with E-state index in [-0.39, 0.29) is 15.0 Å². The van der Waals surface area contributed by atoms with E-state index < -0.39 is 28.1 Å². The highest BCUT2D eigenvalue weighted by molar-refractivity contribution is 7.89. The Morgan fingerprint density at radius 2 is 1.68 bits per heavy atom. The molecule has 2 atom stereocenters. The summed E-state index contributed by atoms with van der Waals surface area (Å²) in [5.74, 6) is -0.211. The molecule has 0 aromatic heterocycles. The van der Waals surface area contributed by atoms with Crippen molar-refractivity contribution in [2.24, 2.45) is 0 Å². The van der Waals surface area contributed by atoms with Crippen LogP contribution in [0.15, 0.2) is 63.5 Å². The van der Waals surface area contributed by atoms with Gasteiger partial charge in [0.2, 0.25) is 10.0 Å². The van der Waals surface area contributed by atoms with Gasteiger partial charge in [-0.1, -0.05) is 53.0 Å². The van der Waals surface area contributed by atoms with Gasteiger partial charge in [-0.05, 0) is 36.8 Å². The molecule has 0 bridgehead atoms. The first-order valence-electron chi connectivity index (χ1n) is 8.22. The van der Waals surface area contributed by atoms with Crippen LogP contribution in [0.3, 0.4) is 0 Å². The van der Waals surface area contributed by atoms with E-state index in [4.69, 9.17) is 32.7 Å². The predicted octanol–water partition coefficient (Wildman–Crippen LogP) is 3.64. The highest BCUT2D eigenvalue weighted by Crippen LogP contribution is 2.37. The number of nitrogens with one attached hydrogen (secondary N) is 1. The molecule has 3 rings (SSSR count). The molecule has 0 unspecified atom stereocenters. The molecular weight excluding hydrogens is 425 g/mol. The van der Waals surface area contributed by atoms with Crippen molar-refractivity contribution in [1.82, 2.24) is 4.72 Å². The molecule has 0 spiro atoms. The van der Waals surface area contributed by atoms with E-state index in [0.717, 1.165) is 5.56 Å². The summed E-state index contributed by atoms with van der Waals surface area (Å²) in [5.41, 5.74) is 1.45. The van der Waals surface area contributed by atoms with Gasteiger partial charge in [0, 0.05) is 0 Å². The molecule has 2 aromatic rings. The summed E-state index contributed by atoms with van der Waals surface area (Å²) in [7, 11) is -2.41. The Bertz CT molecular complexity index is 1020. The van der Waals surface area contributed by atoms with E-state index in [1.54, 1.807) is 36.4 Å². The van der Waals surface area contributed by atoms with Crippen LogP contribution in [-0.2, 0) is 19.6 Å². The van der Waals surface area contributed by atoms with E-state index in [1.807, 2.05) is 6.92 Å². The molecule has 0 saturated carbocycles. The smallest absolute Gasteiger partial charge is 0.351 e. The molecule has 6 nitrogen and oxygen atoms in total. The second kappa shape index (κ2) is 8.13. The number of methoxy groups -OCH3 is 1. The van der Waals surface area contributed by atoms with Gasteiger partial charge in [0.15, 0.2) is 6.10 Å². The number of hydrogen-bond donors (Lipinski definition) is 1. The molecular formula is C19H17Cl2NO5S. The average molecular weight is 442 g/mol. The average Bonchev–Trinajstić information content (AvgIpc) is 2.94. The molecule has 148 valence electrons. The summed E-state index contributed by atoms with van der Waals surface area (Å²) >= 11 is 12.0. The Labute approximate surface area is 173 Å². The fourth-order valence-electron chi connectivity index (χ4n) is 2.72. The largest absolute Gasteiger partial charge is 0.497 e. The second-order valence-corrected chi connectivity index (χ2v) is 8.67. The summed E-state index contributed by atoms with van der Waals surface area (Å²) in [5, 5.41) is -0.321. The van der Waals surface area contributed by atoms with Crippen molar-refractivity contribution in [3.63, 3.8) is 0 Å². The maximum Gasteiger partial charge on any atom is 0.351 e. The zero-order valence-corrected chi connectivity index (χ0v) is 17.3. The number of cyclic esters (lactones) is 1. The Morgan fingerprint density at radius 3 is 2.18 bits per heavy atom. The molecule has 1 aliphatic rings. The molecule has 1 aliphatic heterocycles. The fraction of sp³-hybridized carbons (Fsp3) is 0.211. The lowest BCUT2D eigenvalue weighted by molar-refractivity contribution is -0.140. The van der Waals surface area contributed by atoms with Gasteiger partial charge < -0.3 is 9.47 Å². The third-order valence-electron chi connectivity index (χ3n) is 4.26. The molecule has 0 aliphatic carbocycles. The lowest BCUT2D eigenvalue weighted by Gasteiger charge is -2.24. The summed E-state index contributed by atoms with van der Waals surface area (Å²) < 4.78 is 38.7. The summed E-state index contributed by atoms with van der Waals surface area (Å²) in [4.78, 5) is 11.9. The van der Waals surface area contributed by atoms with E-state index in [1.165, 1.54) is 19.2 Å². The van der Waals surface area contributed by atoms with Crippen molar-refractivity contribution in [2.45, 2.75) is 24.0 Å². The third-order valence-corrected chi connectivity index (χ3v) is 6.58. The van der Waals surface area contributed by atoms with Crippen molar-refractivity contribution in [3.05, 3.63) is 69.7 Å². The lowest BCUT2D eigenvalue weighted by Crippen LogP contribution is -2.37. The zero-order chi connectivity index (χ0) is 20.5. The van der Waals surface area contributed by atoms with Gasteiger partial charge in [0.1, 0.15) is 10.8 Å². The Kier molecular flexibility index (Phi) is 6.00. The van der Waals surface area contributed by atoms with Gasteiger partial charge in [0.25, 0.3) is 0 Å². The van der Waals surface area contributed by atoms with Crippen LogP contribution < -0.4 is 9.46 Å². The molecule has 28 heavy (non-hydrogen) atoms. The number of carbonyl (C=O) groups excluding carboxylic acids is 1. The lowest BCUT2D eigenvalue weighted by atomic mass is 10.0. The quantitative estimate of drug-likeness (QED) is 0.691. The molecule has 0 saturated heterocycles. The molecule has 0 radical (unpaired) electrons. The van der Waals surface area contributed by atoms with Crippen LogP contribution >= 0.6 is 23.2 Å². The molecule has 9 heteroatoms. The fourth-order valence-corrected chi connectivity index (χ4v) is 4.35. The molecule has 2 aromatic carbocycles. The Hall–Kier alpha value is -2.06. The van der Waals surface area contributed by atoms with E-state index in [9.17, 15) is 13.2 Å². The maximum absolute atomic E-state index is 12.9. The maximum atomic E-state index is 12.9. The van der Waals surface area contributed by atoms with Gasteiger partial charge >= 0.3 is 5.97 Å². The number of esters is 1. The monoisotopic (exact) mass is 441 g/mol. The number of rotatable bonds is 6. The third kappa shape index (κ3) is 4.17. The SMILES string of the molecule is COc1ccc([C@@H](NS(=O)(=O)c2ccc(C)cc2)[C@@H]2OC(=O)C(Cl)=C2Cl)cc1. The van der Waals surface area contributed by atoms with Crippen LogP contribution in [0.4, 0.5) is 0 Å². The number of aryl methyl sites for hydroxylation is 1. The van der Waals surface area contributed by atoms with Crippen LogP contribution in [0, 0.1) is 6.92 Å². The molecule has 1 heterocycles. The number of carbonyl (C=O) groups is 1. The number of benzene rings is 2. The summed E-state index contributed by atoms with van der Waals surface area (Å²) in [6.45, 7) is 1.86. The van der Waals surface area contributed by atoms with Crippen molar-refractivity contribution in [3.8, 4) is 5.75 Å². The first kappa shape index (κ1) is 20.7. The number of hydrogen-bond acceptors (Lipinski definition) is 5. The number of ether oxygens (including phenoxy) is 2. The van der Waals surface area contributed by atoms with Crippen LogP contribution in [0.2, 0.25) is 0 Å². The van der Waals surface area contributed by atoms with Gasteiger partial charge in [-0.25, -0.2) is 13.2 Å². The van der Waals surface area contributed by atoms with Gasteiger partial charge in [-0.3, -0.25) is 0 Å². The van der Waals surface area contributed by atoms with Crippen molar-refractivity contribution in [2.75, 3.05) is 7.11 Å². The predicted molar refractivity (Wildman–Crippen MR) is 106 cm³/mol. The topological polar surface area (TPSA) is 81.7 Å². The first-order chi connectivity index (χ1) is 13.2. The first-order valence-corrected chi connectivity index (χ1v) is 10.5. The van der Waals surface area contributed by atoms with E-state index >= 15 is 0 Å². The van der Waals surface area contributed by atoms with Crippen LogP contribution in [-0.4, -0.2) is 27.6 Å². The van der Waals surface area contributed by atoms with Crippen LogP contribution in [0.5, 0.6) is 5.75 Å². The number of sulfonamides is 1. The van der Waals surface area contributed by atoms with E-state index in [2.05, 4.69) is 4.72 Å². The molecule has 1 N–H and O–H groups in total. The minimum Gasteiger partial charge on any atom is -0.497 e. The summed E-state index contributed by atoms with van der Waals surface area (Å²) in [6, 6.07) is 12.0. The Balaban J connectivity index is 2.01. The van der Waals surface area contributed by atoms with Crippen molar-refractivity contribution >= 4 is 39.2 Å². The normalized spacial score (nSPS) is 18.1. The van der Waals surface area contributed by atoms with E-state index in [0.29, 0.717) is 11.3 Å². The second-order valence-electron chi connectivity index (χ2n) is 6.17. The van der Waals surface area contributed by atoms with Gasteiger partial charge in [0.05, 0.1) is 23.1 Å². The number of halogens is 2. The van der Waals surface area contributed by atoms with Crippen molar-refractivity contribution in [1.29, 1.82) is 0 Å². The molecule has 0 fully saturated rings. The highest BCUT2D eigenvalue weighted by Gasteiger charge is 2.40. The highest BCUT2D eigenvalue weighted by atomic mass is 35.5. The van der Waals surface area contributed by atoms with Gasteiger partial charge in [-0.2, -0.15) is 4.72 Å².